The van der Waals surface area contributed by atoms with Crippen LogP contribution in [0.5, 0.6) is 0 Å². The molecule has 4 aromatic rings. The van der Waals surface area contributed by atoms with E-state index < -0.39 is 0 Å². The van der Waals surface area contributed by atoms with Crippen molar-refractivity contribution in [3.63, 3.8) is 0 Å². The SMILES string of the molecule is Cc1cc2c(cn1)cc(-c1cc(C(=O)Nc3ccc(Cl)cn3)ccc1C)c(=O)n2C. The summed E-state index contributed by atoms with van der Waals surface area (Å²) in [5.74, 6) is 0.0792. The molecule has 6 nitrogen and oxygen atoms in total. The summed E-state index contributed by atoms with van der Waals surface area (Å²) in [4.78, 5) is 34.2. The summed E-state index contributed by atoms with van der Waals surface area (Å²) in [6, 6.07) is 12.3. The van der Waals surface area contributed by atoms with Crippen LogP contribution in [0.3, 0.4) is 0 Å². The van der Waals surface area contributed by atoms with Gasteiger partial charge in [0.1, 0.15) is 5.82 Å². The van der Waals surface area contributed by atoms with Gasteiger partial charge in [-0.3, -0.25) is 14.6 Å². The average molecular weight is 419 g/mol. The van der Waals surface area contributed by atoms with Crippen LogP contribution in [0, 0.1) is 13.8 Å². The maximum Gasteiger partial charge on any atom is 0.258 e. The Morgan fingerprint density at radius 2 is 1.80 bits per heavy atom. The Kier molecular flexibility index (Phi) is 5.10. The van der Waals surface area contributed by atoms with Gasteiger partial charge in [-0.1, -0.05) is 17.7 Å². The third kappa shape index (κ3) is 3.69. The molecule has 0 bridgehead atoms. The maximum absolute atomic E-state index is 13.1. The molecule has 30 heavy (non-hydrogen) atoms. The molecule has 3 heterocycles. The van der Waals surface area contributed by atoms with E-state index in [9.17, 15) is 9.59 Å². The molecule has 0 atom stereocenters. The van der Waals surface area contributed by atoms with Crippen LogP contribution < -0.4 is 10.9 Å². The summed E-state index contributed by atoms with van der Waals surface area (Å²) in [6.07, 6.45) is 3.22. The second-order valence-corrected chi connectivity index (χ2v) is 7.59. The van der Waals surface area contributed by atoms with E-state index in [1.54, 1.807) is 42.1 Å². The average Bonchev–Trinajstić information content (AvgIpc) is 2.73. The van der Waals surface area contributed by atoms with Crippen LogP contribution in [0.2, 0.25) is 5.02 Å². The Labute approximate surface area is 178 Å². The van der Waals surface area contributed by atoms with Crippen molar-refractivity contribution in [1.82, 2.24) is 14.5 Å². The van der Waals surface area contributed by atoms with E-state index >= 15 is 0 Å². The lowest BCUT2D eigenvalue weighted by atomic mass is 9.97. The monoisotopic (exact) mass is 418 g/mol. The van der Waals surface area contributed by atoms with Gasteiger partial charge in [-0.2, -0.15) is 0 Å². The molecule has 0 radical (unpaired) electrons. The van der Waals surface area contributed by atoms with Gasteiger partial charge in [0, 0.05) is 41.6 Å². The molecule has 1 aromatic carbocycles. The minimum Gasteiger partial charge on any atom is -0.311 e. The predicted octanol–water partition coefficient (Wildman–Crippen LogP) is 4.52. The summed E-state index contributed by atoms with van der Waals surface area (Å²) in [6.45, 7) is 3.80. The normalized spacial score (nSPS) is 10.9. The fourth-order valence-corrected chi connectivity index (χ4v) is 3.46. The van der Waals surface area contributed by atoms with Crippen LogP contribution in [0.4, 0.5) is 5.82 Å². The van der Waals surface area contributed by atoms with Gasteiger partial charge in [0.2, 0.25) is 0 Å². The van der Waals surface area contributed by atoms with E-state index in [-0.39, 0.29) is 11.5 Å². The van der Waals surface area contributed by atoms with E-state index in [1.165, 1.54) is 6.20 Å². The Morgan fingerprint density at radius 1 is 1.00 bits per heavy atom. The molecule has 3 aromatic heterocycles. The lowest BCUT2D eigenvalue weighted by molar-refractivity contribution is 0.102. The maximum atomic E-state index is 13.1. The van der Waals surface area contributed by atoms with Crippen LogP contribution in [0.15, 0.2) is 59.7 Å². The lowest BCUT2D eigenvalue weighted by Crippen LogP contribution is -2.20. The molecule has 0 spiro atoms. The zero-order chi connectivity index (χ0) is 21.4. The molecule has 150 valence electrons. The molecule has 0 unspecified atom stereocenters. The summed E-state index contributed by atoms with van der Waals surface area (Å²) in [5, 5.41) is 4.09. The Hall–Kier alpha value is -3.51. The number of aromatic nitrogens is 3. The second kappa shape index (κ2) is 7.72. The number of halogens is 1. The van der Waals surface area contributed by atoms with E-state index in [4.69, 9.17) is 11.6 Å². The van der Waals surface area contributed by atoms with Crippen molar-refractivity contribution in [3.05, 3.63) is 87.1 Å². The van der Waals surface area contributed by atoms with Gasteiger partial charge < -0.3 is 9.88 Å². The van der Waals surface area contributed by atoms with E-state index in [2.05, 4.69) is 15.3 Å². The number of fused-ring (bicyclic) bond motifs is 1. The van der Waals surface area contributed by atoms with Crippen LogP contribution in [0.1, 0.15) is 21.6 Å². The minimum atomic E-state index is -0.319. The number of pyridine rings is 3. The summed E-state index contributed by atoms with van der Waals surface area (Å²) < 4.78 is 1.61. The Morgan fingerprint density at radius 3 is 2.53 bits per heavy atom. The van der Waals surface area contributed by atoms with Gasteiger partial charge in [0.25, 0.3) is 11.5 Å². The van der Waals surface area contributed by atoms with Crippen molar-refractivity contribution in [2.45, 2.75) is 13.8 Å². The minimum absolute atomic E-state index is 0.131. The first-order chi connectivity index (χ1) is 14.3. The van der Waals surface area contributed by atoms with Crippen molar-refractivity contribution < 1.29 is 4.79 Å². The largest absolute Gasteiger partial charge is 0.311 e. The Balaban J connectivity index is 1.78. The number of hydrogen-bond donors (Lipinski definition) is 1. The number of carbonyl (C=O) groups is 1. The van der Waals surface area contributed by atoms with Gasteiger partial charge in [0.15, 0.2) is 0 Å². The molecule has 7 heteroatoms. The first-order valence-electron chi connectivity index (χ1n) is 9.34. The molecule has 0 aliphatic rings. The lowest BCUT2D eigenvalue weighted by Gasteiger charge is -2.13. The number of nitrogens with one attached hydrogen (secondary N) is 1. The molecular formula is C23H19ClN4O2. The van der Waals surface area contributed by atoms with Crippen LogP contribution >= 0.6 is 11.6 Å². The van der Waals surface area contributed by atoms with Crippen molar-refractivity contribution in [1.29, 1.82) is 0 Å². The highest BCUT2D eigenvalue weighted by Gasteiger charge is 2.15. The number of rotatable bonds is 3. The number of aryl methyl sites for hydroxylation is 3. The molecule has 0 aliphatic carbocycles. The molecular weight excluding hydrogens is 400 g/mol. The number of amides is 1. The molecule has 0 fully saturated rings. The van der Waals surface area contributed by atoms with Gasteiger partial charge in [0.05, 0.1) is 10.5 Å². The van der Waals surface area contributed by atoms with E-state index in [0.29, 0.717) is 27.5 Å². The predicted molar refractivity (Wildman–Crippen MR) is 119 cm³/mol. The van der Waals surface area contributed by atoms with Crippen molar-refractivity contribution >= 4 is 34.2 Å². The first kappa shape index (κ1) is 19.8. The third-order valence-corrected chi connectivity index (χ3v) is 5.23. The molecule has 0 aliphatic heterocycles. The van der Waals surface area contributed by atoms with Crippen LogP contribution in [-0.4, -0.2) is 20.4 Å². The molecule has 4 rings (SSSR count). The standard InChI is InChI=1S/C23H19ClN4O2/c1-13-4-5-15(22(29)27-21-7-6-17(24)12-26-21)9-18(13)19-10-16-11-25-14(2)8-20(16)28(3)23(19)30/h4-12H,1-3H3,(H,26,27,29). The van der Waals surface area contributed by atoms with E-state index in [1.807, 2.05) is 32.0 Å². The van der Waals surface area contributed by atoms with Gasteiger partial charge >= 0.3 is 0 Å². The zero-order valence-electron chi connectivity index (χ0n) is 16.7. The van der Waals surface area contributed by atoms with Crippen LogP contribution in [0.25, 0.3) is 22.0 Å². The van der Waals surface area contributed by atoms with Gasteiger partial charge in [-0.05, 0) is 61.4 Å². The summed E-state index contributed by atoms with van der Waals surface area (Å²) >= 11 is 5.84. The molecule has 1 N–H and O–H groups in total. The first-order valence-corrected chi connectivity index (χ1v) is 9.71. The topological polar surface area (TPSA) is 76.9 Å². The van der Waals surface area contributed by atoms with Crippen molar-refractivity contribution in [2.75, 3.05) is 5.32 Å². The molecule has 0 saturated heterocycles. The zero-order valence-corrected chi connectivity index (χ0v) is 17.5. The number of benzene rings is 1. The number of hydrogen-bond acceptors (Lipinski definition) is 4. The smallest absolute Gasteiger partial charge is 0.258 e. The fraction of sp³-hybridized carbons (Fsp3) is 0.130. The highest BCUT2D eigenvalue weighted by atomic mass is 35.5. The van der Waals surface area contributed by atoms with Crippen LogP contribution in [-0.2, 0) is 7.05 Å². The number of anilines is 1. The summed E-state index contributed by atoms with van der Waals surface area (Å²) in [7, 11) is 1.74. The van der Waals surface area contributed by atoms with Gasteiger partial charge in [-0.25, -0.2) is 4.98 Å². The fourth-order valence-electron chi connectivity index (χ4n) is 3.35. The Bertz CT molecular complexity index is 1340. The second-order valence-electron chi connectivity index (χ2n) is 7.15. The van der Waals surface area contributed by atoms with Gasteiger partial charge in [-0.15, -0.1) is 0 Å². The number of nitrogens with zero attached hydrogens (tertiary/aromatic N) is 3. The third-order valence-electron chi connectivity index (χ3n) is 5.00. The highest BCUT2D eigenvalue weighted by molar-refractivity contribution is 6.30. The quantitative estimate of drug-likeness (QED) is 0.530. The molecule has 1 amide bonds. The number of carbonyl (C=O) groups excluding carboxylic acids is 1. The van der Waals surface area contributed by atoms with Crippen molar-refractivity contribution in [2.24, 2.45) is 7.05 Å². The summed E-state index contributed by atoms with van der Waals surface area (Å²) in [5.41, 5.74) is 4.08. The molecule has 0 saturated carbocycles. The van der Waals surface area contributed by atoms with E-state index in [0.717, 1.165) is 22.2 Å². The highest BCUT2D eigenvalue weighted by Crippen LogP contribution is 2.25. The van der Waals surface area contributed by atoms with Crippen molar-refractivity contribution in [3.8, 4) is 11.1 Å².